The van der Waals surface area contributed by atoms with Gasteiger partial charge in [0.25, 0.3) is 5.97 Å². The maximum Gasteiger partial charge on any atom is 0.411 e. The van der Waals surface area contributed by atoms with Gasteiger partial charge < -0.3 is 30.5 Å². The molecule has 0 unspecified atom stereocenters. The molecule has 2 atom stereocenters. The van der Waals surface area contributed by atoms with Crippen molar-refractivity contribution >= 4 is 55.8 Å². The number of carboxylic acids is 1. The van der Waals surface area contributed by atoms with Gasteiger partial charge in [-0.25, -0.2) is 27.0 Å². The second kappa shape index (κ2) is 14.8. The number of nitrogens with zero attached hydrogens (tertiary/aromatic N) is 2. The summed E-state index contributed by atoms with van der Waals surface area (Å²) in [5.41, 5.74) is 6.56. The Labute approximate surface area is 292 Å². The molecule has 0 saturated heterocycles. The number of nitrogens with two attached hydrogens (primary N) is 1. The number of sulfone groups is 1. The summed E-state index contributed by atoms with van der Waals surface area (Å²) in [5.74, 6) is -3.27. The van der Waals surface area contributed by atoms with Gasteiger partial charge in [0.15, 0.2) is 9.84 Å². The molecule has 2 amide bonds. The number of methoxy groups -OCH3 is 1. The number of fused-ring (bicyclic) bond motifs is 10. The van der Waals surface area contributed by atoms with Crippen LogP contribution in [0.1, 0.15) is 55.3 Å². The molecule has 2 aliphatic heterocycles. The van der Waals surface area contributed by atoms with Gasteiger partial charge in [0, 0.05) is 54.8 Å². The number of carbonyl (C=O) groups is 3. The molecule has 3 aromatic carbocycles. The quantitative estimate of drug-likeness (QED) is 0.200. The van der Waals surface area contributed by atoms with E-state index in [1.54, 1.807) is 13.0 Å². The third-order valence-corrected chi connectivity index (χ3v) is 10.8. The first-order chi connectivity index (χ1) is 24.1. The monoisotopic (exact) mass is 725 g/mol. The van der Waals surface area contributed by atoms with E-state index < -0.39 is 56.7 Å². The van der Waals surface area contributed by atoms with Gasteiger partial charge in [-0.05, 0) is 72.3 Å². The summed E-state index contributed by atoms with van der Waals surface area (Å²) in [4.78, 5) is 41.2. The number of amides is 2. The lowest BCUT2D eigenvalue weighted by Crippen LogP contribution is -2.36. The molecular weight excluding hydrogens is 688 g/mol. The van der Waals surface area contributed by atoms with E-state index in [4.69, 9.17) is 25.1 Å². The van der Waals surface area contributed by atoms with Crippen molar-refractivity contribution in [3.05, 3.63) is 83.1 Å². The molecule has 5 N–H and O–H groups in total. The number of nitrogen functional groups attached to an aromatic ring is 1. The topological polar surface area (TPSA) is 190 Å². The van der Waals surface area contributed by atoms with Gasteiger partial charge in [-0.3, -0.25) is 14.9 Å². The van der Waals surface area contributed by atoms with Gasteiger partial charge in [0.2, 0.25) is 5.91 Å². The van der Waals surface area contributed by atoms with Crippen LogP contribution in [0.4, 0.5) is 30.8 Å². The van der Waals surface area contributed by atoms with E-state index in [1.165, 1.54) is 67.7 Å². The van der Waals surface area contributed by atoms with E-state index in [9.17, 15) is 18.0 Å². The summed E-state index contributed by atoms with van der Waals surface area (Å²) in [6, 6.07) is 9.63. The first kappa shape index (κ1) is 36.8. The maximum absolute atomic E-state index is 16.1. The van der Waals surface area contributed by atoms with Gasteiger partial charge in [-0.15, -0.1) is 0 Å². The number of carboxylic acid groups (broad SMARTS) is 1. The summed E-state index contributed by atoms with van der Waals surface area (Å²) < 4.78 is 69.3. The van der Waals surface area contributed by atoms with Crippen LogP contribution in [0.2, 0.25) is 0 Å². The number of halogens is 2. The fourth-order valence-corrected chi connectivity index (χ4v) is 7.60. The number of aliphatic carboxylic acids is 1. The van der Waals surface area contributed by atoms with E-state index in [2.05, 4.69) is 15.6 Å². The number of benzene rings is 3. The zero-order valence-electron chi connectivity index (χ0n) is 28.2. The number of pyridine rings is 1. The Morgan fingerprint density at radius 1 is 1.10 bits per heavy atom. The van der Waals surface area contributed by atoms with Crippen molar-refractivity contribution in [2.24, 2.45) is 0 Å². The highest BCUT2D eigenvalue weighted by atomic mass is 32.2. The largest absolute Gasteiger partial charge is 0.496 e. The van der Waals surface area contributed by atoms with Crippen molar-refractivity contribution in [3.8, 4) is 5.75 Å². The van der Waals surface area contributed by atoms with E-state index in [1.807, 2.05) is 0 Å². The van der Waals surface area contributed by atoms with E-state index in [0.29, 0.717) is 29.2 Å². The molecule has 1 saturated carbocycles. The molecule has 1 aliphatic carbocycles. The molecule has 51 heavy (non-hydrogen) atoms. The van der Waals surface area contributed by atoms with Crippen LogP contribution in [0.5, 0.6) is 5.75 Å². The Hall–Kier alpha value is -5.51. The Bertz CT molecular complexity index is 2120. The fraction of sp³-hybridized carbons (Fsp3) is 0.314. The van der Waals surface area contributed by atoms with E-state index >= 15 is 8.78 Å². The van der Waals surface area contributed by atoms with Crippen LogP contribution < -0.4 is 21.1 Å². The smallest absolute Gasteiger partial charge is 0.411 e. The molecule has 3 heterocycles. The van der Waals surface area contributed by atoms with Crippen molar-refractivity contribution in [1.82, 2.24) is 9.88 Å². The number of carbonyl (C=O) groups excluding carboxylic acids is 2. The van der Waals surface area contributed by atoms with Gasteiger partial charge in [-0.2, -0.15) is 0 Å². The number of hydrogen-bond acceptors (Lipinski definition) is 10. The fourth-order valence-electron chi connectivity index (χ4n) is 5.74. The third kappa shape index (κ3) is 8.11. The number of nitrogens with one attached hydrogen (secondary N) is 2. The average Bonchev–Trinajstić information content (AvgIpc) is 3.93. The van der Waals surface area contributed by atoms with Crippen LogP contribution in [0.3, 0.4) is 0 Å². The number of likely N-dealkylation sites (N-methyl/N-ethyl adjacent to an activating group) is 1. The Balaban J connectivity index is 0.00000120. The number of anilines is 3. The number of hydrogen-bond donors (Lipinski definition) is 4. The molecule has 0 radical (unpaired) electrons. The first-order valence-corrected chi connectivity index (χ1v) is 17.4. The van der Waals surface area contributed by atoms with Crippen molar-refractivity contribution in [1.29, 1.82) is 0 Å². The molecule has 1 fully saturated rings. The van der Waals surface area contributed by atoms with Crippen LogP contribution in [0, 0.1) is 11.6 Å². The van der Waals surface area contributed by atoms with Crippen LogP contribution in [0.15, 0.2) is 59.6 Å². The van der Waals surface area contributed by atoms with Crippen molar-refractivity contribution in [2.45, 2.75) is 55.3 Å². The zero-order chi connectivity index (χ0) is 37.2. The normalized spacial score (nSPS) is 18.0. The second-order valence-corrected chi connectivity index (χ2v) is 14.5. The van der Waals surface area contributed by atoms with Gasteiger partial charge in [0.05, 0.1) is 29.5 Å². The lowest BCUT2D eigenvalue weighted by molar-refractivity contribution is -0.134. The Morgan fingerprint density at radius 3 is 2.47 bits per heavy atom. The minimum atomic E-state index is -3.73. The van der Waals surface area contributed by atoms with E-state index in [0.717, 1.165) is 6.92 Å². The highest BCUT2D eigenvalue weighted by Crippen LogP contribution is 2.38. The van der Waals surface area contributed by atoms with Crippen molar-refractivity contribution in [3.63, 3.8) is 0 Å². The lowest BCUT2D eigenvalue weighted by Gasteiger charge is -2.28. The zero-order valence-corrected chi connectivity index (χ0v) is 29.0. The number of ether oxygens (including phenoxy) is 2. The SMILES string of the molecule is CC(=O)O.COc1cc2c(F)cc1[C@@H](C)COC(=O)Nc1ccc(S(=O)(=O)C3CC3)c(c1)CN(C)C(=O)[C@@H]2Nc1cc2ccnc(N)c2cc1F. The summed E-state index contributed by atoms with van der Waals surface area (Å²) >= 11 is 0. The summed E-state index contributed by atoms with van der Waals surface area (Å²) in [6.45, 7) is 2.41. The minimum Gasteiger partial charge on any atom is -0.496 e. The van der Waals surface area contributed by atoms with Crippen molar-refractivity contribution in [2.75, 3.05) is 37.1 Å². The molecule has 7 rings (SSSR count). The molecule has 1 aromatic heterocycles. The van der Waals surface area contributed by atoms with Gasteiger partial charge in [0.1, 0.15) is 29.2 Å². The lowest BCUT2D eigenvalue weighted by atomic mass is 9.95. The Morgan fingerprint density at radius 2 is 1.80 bits per heavy atom. The molecule has 0 spiro atoms. The molecule has 4 bridgehead atoms. The number of rotatable bonds is 5. The maximum atomic E-state index is 16.1. The molecule has 16 heteroatoms. The average molecular weight is 726 g/mol. The predicted molar refractivity (Wildman–Crippen MR) is 185 cm³/mol. The van der Waals surface area contributed by atoms with Crippen molar-refractivity contribution < 1.29 is 46.2 Å². The second-order valence-electron chi connectivity index (χ2n) is 12.3. The third-order valence-electron chi connectivity index (χ3n) is 8.45. The summed E-state index contributed by atoms with van der Waals surface area (Å²) in [5, 5.41) is 13.3. The van der Waals surface area contributed by atoms with Crippen LogP contribution in [0.25, 0.3) is 10.8 Å². The standard InChI is InChI=1S/C33H33F2N5O6S.C2H4O2/c1-17-16-46-33(42)38-20-4-7-29(47(43,44)21-5-6-21)19(10-20)15-40(2)32(41)30(24-14-28(45-3)22(17)12-25(24)34)39-27-11-18-8-9-37-31(36)23(18)13-26(27)35;1-2(3)4/h4,7-14,17,21,30,39H,5-6,15-16H2,1-3H3,(H2,36,37)(H,38,42);1H3,(H,3,4)/t17-,30+;/m0./s1. The van der Waals surface area contributed by atoms with E-state index in [-0.39, 0.29) is 52.1 Å². The first-order valence-electron chi connectivity index (χ1n) is 15.8. The Kier molecular flexibility index (Phi) is 10.6. The summed E-state index contributed by atoms with van der Waals surface area (Å²) in [7, 11) is -0.921. The molecule has 270 valence electrons. The van der Waals surface area contributed by atoms with Gasteiger partial charge in [-0.1, -0.05) is 6.92 Å². The van der Waals surface area contributed by atoms with Crippen LogP contribution in [-0.4, -0.2) is 67.4 Å². The predicted octanol–water partition coefficient (Wildman–Crippen LogP) is 5.61. The van der Waals surface area contributed by atoms with Gasteiger partial charge >= 0.3 is 6.09 Å². The van der Waals surface area contributed by atoms with Crippen LogP contribution >= 0.6 is 0 Å². The summed E-state index contributed by atoms with van der Waals surface area (Å²) in [6.07, 6.45) is 1.70. The highest BCUT2D eigenvalue weighted by Gasteiger charge is 2.39. The molecule has 13 nitrogen and oxygen atoms in total. The minimum absolute atomic E-state index is 0.0155. The molecular formula is C35H37F2N5O8S. The molecule has 3 aliphatic rings. The van der Waals surface area contributed by atoms with Crippen LogP contribution in [-0.2, 0) is 30.7 Å². The highest BCUT2D eigenvalue weighted by molar-refractivity contribution is 7.92. The number of aromatic nitrogens is 1. The molecule has 4 aromatic rings.